The number of benzene rings is 1. The molecule has 0 radical (unpaired) electrons. The quantitative estimate of drug-likeness (QED) is 0.433. The minimum Gasteiger partial charge on any atom is -0.278 e. The molecule has 0 aliphatic heterocycles. The Kier molecular flexibility index (Phi) is 5.09. The van der Waals surface area contributed by atoms with Gasteiger partial charge in [0.25, 0.3) is 5.91 Å². The van der Waals surface area contributed by atoms with Crippen molar-refractivity contribution in [1.82, 2.24) is 9.97 Å². The predicted molar refractivity (Wildman–Crippen MR) is 113 cm³/mol. The summed E-state index contributed by atoms with van der Waals surface area (Å²) in [5.41, 5.74) is 2.91. The first-order chi connectivity index (χ1) is 13.2. The SMILES string of the molecule is Cc1ccc2nc(N(Cc3ccccn3)C(=O)/C=C/c3cccs3)sc2c1. The smallest absolute Gasteiger partial charge is 0.253 e. The first kappa shape index (κ1) is 17.6. The Morgan fingerprint density at radius 2 is 2.11 bits per heavy atom. The third kappa shape index (κ3) is 4.13. The fourth-order valence-corrected chi connectivity index (χ4v) is 4.34. The molecule has 0 fully saturated rings. The van der Waals surface area contributed by atoms with E-state index in [1.54, 1.807) is 28.5 Å². The van der Waals surface area contributed by atoms with Crippen molar-refractivity contribution in [3.05, 3.63) is 82.3 Å². The molecule has 0 aliphatic rings. The highest BCUT2D eigenvalue weighted by Crippen LogP contribution is 2.30. The summed E-state index contributed by atoms with van der Waals surface area (Å²) in [4.78, 5) is 24.7. The maximum absolute atomic E-state index is 13.0. The summed E-state index contributed by atoms with van der Waals surface area (Å²) in [5, 5.41) is 2.67. The third-order valence-electron chi connectivity index (χ3n) is 4.01. The lowest BCUT2D eigenvalue weighted by Crippen LogP contribution is -2.28. The molecule has 1 amide bonds. The highest BCUT2D eigenvalue weighted by Gasteiger charge is 2.19. The number of thiazole rings is 1. The number of hydrogen-bond acceptors (Lipinski definition) is 5. The van der Waals surface area contributed by atoms with Gasteiger partial charge in [0.2, 0.25) is 0 Å². The molecule has 0 N–H and O–H groups in total. The van der Waals surface area contributed by atoms with Gasteiger partial charge in [0.1, 0.15) is 0 Å². The molecule has 0 aliphatic carbocycles. The van der Waals surface area contributed by atoms with Crippen LogP contribution in [0.25, 0.3) is 16.3 Å². The number of hydrogen-bond donors (Lipinski definition) is 0. The van der Waals surface area contributed by atoms with E-state index in [2.05, 4.69) is 23.0 Å². The number of rotatable bonds is 5. The summed E-state index contributed by atoms with van der Waals surface area (Å²) in [6.45, 7) is 2.44. The van der Waals surface area contributed by atoms with Gasteiger partial charge in [0.15, 0.2) is 5.13 Å². The topological polar surface area (TPSA) is 46.1 Å². The largest absolute Gasteiger partial charge is 0.278 e. The van der Waals surface area contributed by atoms with Crippen LogP contribution in [0, 0.1) is 6.92 Å². The molecule has 27 heavy (non-hydrogen) atoms. The van der Waals surface area contributed by atoms with Gasteiger partial charge in [-0.2, -0.15) is 0 Å². The Morgan fingerprint density at radius 3 is 2.89 bits per heavy atom. The van der Waals surface area contributed by atoms with E-state index in [0.717, 1.165) is 20.8 Å². The number of thiophene rings is 1. The molecular formula is C21H17N3OS2. The van der Waals surface area contributed by atoms with Crippen LogP contribution >= 0.6 is 22.7 Å². The fourth-order valence-electron chi connectivity index (χ4n) is 2.66. The van der Waals surface area contributed by atoms with Gasteiger partial charge in [-0.1, -0.05) is 29.5 Å². The summed E-state index contributed by atoms with van der Waals surface area (Å²) in [5.74, 6) is -0.107. The number of carbonyl (C=O) groups excluding carboxylic acids is 1. The first-order valence-electron chi connectivity index (χ1n) is 8.49. The van der Waals surface area contributed by atoms with Crippen LogP contribution in [-0.2, 0) is 11.3 Å². The maximum Gasteiger partial charge on any atom is 0.253 e. The molecule has 0 spiro atoms. The molecule has 134 valence electrons. The lowest BCUT2D eigenvalue weighted by Gasteiger charge is -2.17. The Morgan fingerprint density at radius 1 is 1.19 bits per heavy atom. The van der Waals surface area contributed by atoms with Crippen molar-refractivity contribution >= 4 is 50.0 Å². The van der Waals surface area contributed by atoms with Crippen LogP contribution < -0.4 is 4.90 Å². The minimum absolute atomic E-state index is 0.107. The van der Waals surface area contributed by atoms with Crippen molar-refractivity contribution in [2.45, 2.75) is 13.5 Å². The van der Waals surface area contributed by atoms with Crippen molar-refractivity contribution in [1.29, 1.82) is 0 Å². The van der Waals surface area contributed by atoms with E-state index in [1.165, 1.54) is 16.9 Å². The Balaban J connectivity index is 1.68. The van der Waals surface area contributed by atoms with Crippen molar-refractivity contribution in [3.8, 4) is 0 Å². The summed E-state index contributed by atoms with van der Waals surface area (Å²) in [6, 6.07) is 15.8. The molecule has 4 nitrogen and oxygen atoms in total. The van der Waals surface area contributed by atoms with Crippen LogP contribution in [0.5, 0.6) is 0 Å². The van der Waals surface area contributed by atoms with Crippen LogP contribution in [0.3, 0.4) is 0 Å². The Labute approximate surface area is 165 Å². The van der Waals surface area contributed by atoms with E-state index in [1.807, 2.05) is 53.9 Å². The maximum atomic E-state index is 13.0. The van der Waals surface area contributed by atoms with Crippen molar-refractivity contribution in [2.75, 3.05) is 4.90 Å². The highest BCUT2D eigenvalue weighted by atomic mass is 32.1. The molecule has 0 unspecified atom stereocenters. The fraction of sp³-hybridized carbons (Fsp3) is 0.0952. The average Bonchev–Trinajstić information content (AvgIpc) is 3.34. The van der Waals surface area contributed by atoms with Crippen molar-refractivity contribution in [2.24, 2.45) is 0 Å². The van der Waals surface area contributed by atoms with E-state index >= 15 is 0 Å². The van der Waals surface area contributed by atoms with Crippen LogP contribution in [0.4, 0.5) is 5.13 Å². The lowest BCUT2D eigenvalue weighted by atomic mass is 10.2. The van der Waals surface area contributed by atoms with E-state index in [0.29, 0.717) is 11.7 Å². The molecule has 0 atom stereocenters. The van der Waals surface area contributed by atoms with Gasteiger partial charge in [-0.3, -0.25) is 14.7 Å². The third-order valence-corrected chi connectivity index (χ3v) is 5.89. The minimum atomic E-state index is -0.107. The second kappa shape index (κ2) is 7.82. The number of carbonyl (C=O) groups is 1. The lowest BCUT2D eigenvalue weighted by molar-refractivity contribution is -0.114. The van der Waals surface area contributed by atoms with Crippen molar-refractivity contribution < 1.29 is 4.79 Å². The number of pyridine rings is 1. The van der Waals surface area contributed by atoms with Gasteiger partial charge in [-0.05, 0) is 54.3 Å². The summed E-state index contributed by atoms with van der Waals surface area (Å²) in [7, 11) is 0. The standard InChI is InChI=1S/C21H17N3OS2/c1-15-7-9-18-19(13-15)27-21(23-18)24(14-16-5-2-3-11-22-16)20(25)10-8-17-6-4-12-26-17/h2-13H,14H2,1H3/b10-8+. The van der Waals surface area contributed by atoms with Gasteiger partial charge in [0, 0.05) is 17.2 Å². The van der Waals surface area contributed by atoms with E-state index in [4.69, 9.17) is 0 Å². The normalized spacial score (nSPS) is 11.3. The molecule has 4 rings (SSSR count). The second-order valence-electron chi connectivity index (χ2n) is 6.06. The number of aryl methyl sites for hydroxylation is 1. The molecule has 6 heteroatoms. The zero-order valence-corrected chi connectivity index (χ0v) is 16.3. The summed E-state index contributed by atoms with van der Waals surface area (Å²) < 4.78 is 1.08. The number of fused-ring (bicyclic) bond motifs is 1. The Bertz CT molecular complexity index is 1090. The van der Waals surface area contributed by atoms with Gasteiger partial charge in [-0.25, -0.2) is 4.98 Å². The number of nitrogens with zero attached hydrogens (tertiary/aromatic N) is 3. The number of amides is 1. The van der Waals surface area contributed by atoms with Crippen LogP contribution in [-0.4, -0.2) is 15.9 Å². The molecule has 0 bridgehead atoms. The molecule has 3 heterocycles. The molecule has 3 aromatic heterocycles. The molecule has 4 aromatic rings. The van der Waals surface area contributed by atoms with Gasteiger partial charge in [0.05, 0.1) is 22.5 Å². The highest BCUT2D eigenvalue weighted by molar-refractivity contribution is 7.22. The van der Waals surface area contributed by atoms with E-state index in [9.17, 15) is 4.79 Å². The molecule has 1 aromatic carbocycles. The molecular weight excluding hydrogens is 374 g/mol. The predicted octanol–water partition coefficient (Wildman–Crippen LogP) is 5.31. The van der Waals surface area contributed by atoms with Crippen molar-refractivity contribution in [3.63, 3.8) is 0 Å². The van der Waals surface area contributed by atoms with E-state index in [-0.39, 0.29) is 5.91 Å². The average molecular weight is 392 g/mol. The number of aromatic nitrogens is 2. The monoisotopic (exact) mass is 391 g/mol. The molecule has 0 saturated heterocycles. The van der Waals surface area contributed by atoms with Gasteiger partial charge < -0.3 is 0 Å². The zero-order valence-electron chi connectivity index (χ0n) is 14.7. The Hall–Kier alpha value is -2.83. The molecule has 0 saturated carbocycles. The van der Waals surface area contributed by atoms with Crippen LogP contribution in [0.2, 0.25) is 0 Å². The second-order valence-corrected chi connectivity index (χ2v) is 8.05. The summed E-state index contributed by atoms with van der Waals surface area (Å²) in [6.07, 6.45) is 5.18. The van der Waals surface area contributed by atoms with Crippen LogP contribution in [0.15, 0.2) is 66.2 Å². The summed E-state index contributed by atoms with van der Waals surface area (Å²) >= 11 is 3.12. The van der Waals surface area contributed by atoms with Gasteiger partial charge >= 0.3 is 0 Å². The first-order valence-corrected chi connectivity index (χ1v) is 10.2. The van der Waals surface area contributed by atoms with E-state index < -0.39 is 0 Å². The van der Waals surface area contributed by atoms with Gasteiger partial charge in [-0.15, -0.1) is 11.3 Å². The number of anilines is 1. The van der Waals surface area contributed by atoms with Crippen LogP contribution in [0.1, 0.15) is 16.1 Å². The zero-order chi connectivity index (χ0) is 18.6.